The molecule has 1 aliphatic heterocycles. The van der Waals surface area contributed by atoms with Gasteiger partial charge in [-0.1, -0.05) is 6.92 Å². The predicted molar refractivity (Wildman–Crippen MR) is 62.2 cm³/mol. The van der Waals surface area contributed by atoms with E-state index in [0.717, 1.165) is 37.8 Å². The van der Waals surface area contributed by atoms with E-state index >= 15 is 0 Å². The molecule has 1 aromatic rings. The van der Waals surface area contributed by atoms with Gasteiger partial charge in [-0.2, -0.15) is 0 Å². The van der Waals surface area contributed by atoms with E-state index in [2.05, 4.69) is 21.8 Å². The molecule has 1 aromatic heterocycles. The van der Waals surface area contributed by atoms with Crippen LogP contribution in [0.1, 0.15) is 19.0 Å². The largest absolute Gasteiger partial charge is 0.375 e. The molecule has 1 unspecified atom stereocenters. The van der Waals surface area contributed by atoms with Gasteiger partial charge in [-0.3, -0.25) is 0 Å². The molecule has 0 aromatic carbocycles. The summed E-state index contributed by atoms with van der Waals surface area (Å²) in [5.74, 6) is 0.768. The van der Waals surface area contributed by atoms with Crippen molar-refractivity contribution in [2.45, 2.75) is 26.0 Å². The number of ether oxygens (including phenoxy) is 1. The lowest BCUT2D eigenvalue weighted by atomic mass is 10.2. The Bertz CT molecular complexity index is 345. The maximum absolute atomic E-state index is 5.61. The van der Waals surface area contributed by atoms with Crippen LogP contribution in [0, 0.1) is 0 Å². The van der Waals surface area contributed by atoms with E-state index in [9.17, 15) is 0 Å². The fourth-order valence-electron chi connectivity index (χ4n) is 1.80. The first kappa shape index (κ1) is 11.3. The maximum atomic E-state index is 5.61. The molecule has 0 radical (unpaired) electrons. The van der Waals surface area contributed by atoms with E-state index in [1.807, 2.05) is 6.07 Å². The number of hydrogen-bond acceptors (Lipinski definition) is 5. The third-order valence-corrected chi connectivity index (χ3v) is 2.79. The van der Waals surface area contributed by atoms with Gasteiger partial charge in [0.25, 0.3) is 0 Å². The second kappa shape index (κ2) is 5.23. The molecule has 1 fully saturated rings. The highest BCUT2D eigenvalue weighted by Gasteiger charge is 2.20. The van der Waals surface area contributed by atoms with Crippen LogP contribution < -0.4 is 10.6 Å². The topological polar surface area (TPSA) is 64.3 Å². The molecule has 2 N–H and O–H groups in total. The zero-order valence-corrected chi connectivity index (χ0v) is 9.59. The average Bonchev–Trinajstić information content (AvgIpc) is 2.39. The van der Waals surface area contributed by atoms with Gasteiger partial charge in [0.2, 0.25) is 5.95 Å². The molecule has 5 heteroatoms. The molecule has 2 rings (SSSR count). The van der Waals surface area contributed by atoms with E-state index in [0.29, 0.717) is 12.6 Å². The summed E-state index contributed by atoms with van der Waals surface area (Å²) in [5, 5.41) is 0. The number of nitrogens with zero attached hydrogens (tertiary/aromatic N) is 3. The van der Waals surface area contributed by atoms with E-state index in [1.165, 1.54) is 0 Å². The zero-order valence-electron chi connectivity index (χ0n) is 9.59. The Morgan fingerprint density at radius 3 is 3.25 bits per heavy atom. The predicted octanol–water partition coefficient (Wildman–Crippen LogP) is 0.550. The molecular formula is C11H18N4O. The normalized spacial score (nSPS) is 21.1. The number of rotatable bonds is 3. The average molecular weight is 222 g/mol. The molecule has 2 heterocycles. The Morgan fingerprint density at radius 2 is 2.50 bits per heavy atom. The quantitative estimate of drug-likeness (QED) is 0.809. The van der Waals surface area contributed by atoms with E-state index in [-0.39, 0.29) is 0 Å². The van der Waals surface area contributed by atoms with Crippen molar-refractivity contribution in [3.63, 3.8) is 0 Å². The van der Waals surface area contributed by atoms with Crippen molar-refractivity contribution < 1.29 is 4.74 Å². The Morgan fingerprint density at radius 1 is 1.62 bits per heavy atom. The molecular weight excluding hydrogens is 204 g/mol. The van der Waals surface area contributed by atoms with Crippen molar-refractivity contribution in [2.24, 2.45) is 5.73 Å². The lowest BCUT2D eigenvalue weighted by Crippen LogP contribution is -2.43. The molecule has 88 valence electrons. The first-order valence-electron chi connectivity index (χ1n) is 5.72. The second-order valence-electron chi connectivity index (χ2n) is 3.90. The van der Waals surface area contributed by atoms with Crippen LogP contribution in [-0.4, -0.2) is 35.8 Å². The fraction of sp³-hybridized carbons (Fsp3) is 0.636. The summed E-state index contributed by atoms with van der Waals surface area (Å²) < 4.78 is 5.61. The van der Waals surface area contributed by atoms with E-state index in [1.54, 1.807) is 6.20 Å². The highest BCUT2D eigenvalue weighted by molar-refractivity contribution is 5.31. The number of nitrogens with two attached hydrogens (primary N) is 1. The number of aromatic nitrogens is 2. The van der Waals surface area contributed by atoms with Gasteiger partial charge < -0.3 is 15.4 Å². The minimum atomic E-state index is 0.291. The molecule has 1 saturated heterocycles. The lowest BCUT2D eigenvalue weighted by molar-refractivity contribution is 0.0378. The van der Waals surface area contributed by atoms with Crippen LogP contribution in [0.5, 0.6) is 0 Å². The standard InChI is InChI=1S/C11H18N4O/c1-2-10-8-15(5-6-16-10)11-13-4-3-9(7-12)14-11/h3-4,10H,2,5-8,12H2,1H3. The first-order chi connectivity index (χ1) is 7.83. The molecule has 0 bridgehead atoms. The van der Waals surface area contributed by atoms with Gasteiger partial charge in [-0.25, -0.2) is 9.97 Å². The van der Waals surface area contributed by atoms with Crippen molar-refractivity contribution in [2.75, 3.05) is 24.6 Å². The smallest absolute Gasteiger partial charge is 0.225 e. The van der Waals surface area contributed by atoms with Crippen LogP contribution in [0.25, 0.3) is 0 Å². The van der Waals surface area contributed by atoms with Crippen molar-refractivity contribution in [1.29, 1.82) is 0 Å². The summed E-state index contributed by atoms with van der Waals surface area (Å²) in [6.07, 6.45) is 3.08. The van der Waals surface area contributed by atoms with Crippen LogP contribution in [-0.2, 0) is 11.3 Å². The van der Waals surface area contributed by atoms with Crippen molar-refractivity contribution >= 4 is 5.95 Å². The Balaban J connectivity index is 2.10. The first-order valence-corrected chi connectivity index (χ1v) is 5.72. The summed E-state index contributed by atoms with van der Waals surface area (Å²) in [6.45, 7) is 5.05. The van der Waals surface area contributed by atoms with Gasteiger partial charge in [0.15, 0.2) is 0 Å². The zero-order chi connectivity index (χ0) is 11.4. The minimum absolute atomic E-state index is 0.291. The Labute approximate surface area is 95.6 Å². The number of hydrogen-bond donors (Lipinski definition) is 1. The SMILES string of the molecule is CCC1CN(c2nccc(CN)n2)CCO1. The summed E-state index contributed by atoms with van der Waals surface area (Å²) in [5.41, 5.74) is 6.45. The third kappa shape index (κ3) is 2.48. The molecule has 0 amide bonds. The Hall–Kier alpha value is -1.20. The maximum Gasteiger partial charge on any atom is 0.225 e. The number of morpholine rings is 1. The monoisotopic (exact) mass is 222 g/mol. The van der Waals surface area contributed by atoms with Crippen LogP contribution in [0.15, 0.2) is 12.3 Å². The van der Waals surface area contributed by atoms with Crippen molar-refractivity contribution in [3.05, 3.63) is 18.0 Å². The molecule has 0 saturated carbocycles. The molecule has 0 aliphatic carbocycles. The van der Waals surface area contributed by atoms with Crippen LogP contribution in [0.2, 0.25) is 0 Å². The lowest BCUT2D eigenvalue weighted by Gasteiger charge is -2.32. The second-order valence-corrected chi connectivity index (χ2v) is 3.90. The highest BCUT2D eigenvalue weighted by Crippen LogP contribution is 2.14. The molecule has 1 atom stereocenters. The highest BCUT2D eigenvalue weighted by atomic mass is 16.5. The van der Waals surface area contributed by atoms with Crippen LogP contribution >= 0.6 is 0 Å². The van der Waals surface area contributed by atoms with Gasteiger partial charge in [-0.15, -0.1) is 0 Å². The van der Waals surface area contributed by atoms with Gasteiger partial charge in [0.05, 0.1) is 18.4 Å². The molecule has 1 aliphatic rings. The minimum Gasteiger partial charge on any atom is -0.375 e. The van der Waals surface area contributed by atoms with E-state index < -0.39 is 0 Å². The van der Waals surface area contributed by atoms with Gasteiger partial charge in [-0.05, 0) is 12.5 Å². The van der Waals surface area contributed by atoms with E-state index in [4.69, 9.17) is 10.5 Å². The molecule has 5 nitrogen and oxygen atoms in total. The number of anilines is 1. The molecule has 16 heavy (non-hydrogen) atoms. The van der Waals surface area contributed by atoms with Crippen molar-refractivity contribution in [3.8, 4) is 0 Å². The summed E-state index contributed by atoms with van der Waals surface area (Å²) >= 11 is 0. The summed E-state index contributed by atoms with van der Waals surface area (Å²) in [6, 6.07) is 1.85. The van der Waals surface area contributed by atoms with Crippen LogP contribution in [0.4, 0.5) is 5.95 Å². The molecule has 0 spiro atoms. The van der Waals surface area contributed by atoms with Gasteiger partial charge >= 0.3 is 0 Å². The Kier molecular flexibility index (Phi) is 3.69. The third-order valence-electron chi connectivity index (χ3n) is 2.79. The van der Waals surface area contributed by atoms with Gasteiger partial charge in [0, 0.05) is 25.8 Å². The van der Waals surface area contributed by atoms with Crippen molar-refractivity contribution in [1.82, 2.24) is 9.97 Å². The van der Waals surface area contributed by atoms with Gasteiger partial charge in [0.1, 0.15) is 0 Å². The summed E-state index contributed by atoms with van der Waals surface area (Å²) in [4.78, 5) is 10.9. The van der Waals surface area contributed by atoms with Crippen LogP contribution in [0.3, 0.4) is 0 Å². The summed E-state index contributed by atoms with van der Waals surface area (Å²) in [7, 11) is 0. The fourth-order valence-corrected chi connectivity index (χ4v) is 1.80.